The van der Waals surface area contributed by atoms with Crippen molar-refractivity contribution < 1.29 is 55.1 Å². The molecule has 0 unspecified atom stereocenters. The minimum Gasteiger partial charge on any atom is -0.505 e. The van der Waals surface area contributed by atoms with E-state index in [4.69, 9.17) is 4.65 Å². The zero-order valence-corrected chi connectivity index (χ0v) is 21.6. The number of amides is 2. The molecule has 2 heterocycles. The largest absolute Gasteiger partial charge is 0.505 e. The number of alkyl halides is 6. The van der Waals surface area contributed by atoms with Gasteiger partial charge in [-0.2, -0.15) is 26.3 Å². The zero-order valence-electron chi connectivity index (χ0n) is 21.6. The molecule has 4 atom stereocenters. The number of phenolic OH excluding ortho intramolecular Hbond substituents is 1. The summed E-state index contributed by atoms with van der Waals surface area (Å²) in [4.78, 5) is 27.7. The van der Waals surface area contributed by atoms with Gasteiger partial charge in [-0.05, 0) is 66.0 Å². The van der Waals surface area contributed by atoms with E-state index in [-0.39, 0.29) is 30.4 Å². The van der Waals surface area contributed by atoms with Crippen molar-refractivity contribution in [2.75, 3.05) is 4.90 Å². The lowest BCUT2D eigenvalue weighted by atomic mass is 9.54. The molecular weight excluding hydrogens is 562 g/mol. The van der Waals surface area contributed by atoms with Crippen LogP contribution < -0.4 is 4.90 Å². The summed E-state index contributed by atoms with van der Waals surface area (Å²) in [6.45, 7) is 3.55. The van der Waals surface area contributed by atoms with Crippen molar-refractivity contribution >= 4 is 24.6 Å². The van der Waals surface area contributed by atoms with Crippen LogP contribution in [-0.2, 0) is 26.6 Å². The van der Waals surface area contributed by atoms with Crippen LogP contribution in [0.4, 0.5) is 36.4 Å². The Balaban J connectivity index is 1.59. The van der Waals surface area contributed by atoms with Crippen molar-refractivity contribution in [1.82, 2.24) is 0 Å². The molecule has 6 nitrogen and oxygen atoms in total. The predicted octanol–water partition coefficient (Wildman–Crippen LogP) is 5.83. The Hall–Kier alpha value is -3.39. The Morgan fingerprint density at radius 1 is 0.951 bits per heavy atom. The highest BCUT2D eigenvalue weighted by atomic mass is 19.4. The maximum Gasteiger partial charge on any atom is 0.487 e. The molecule has 5 rings (SSSR count). The molecule has 14 heteroatoms. The number of hydrogen-bond acceptors (Lipinski definition) is 5. The van der Waals surface area contributed by atoms with E-state index in [9.17, 15) is 50.5 Å². The number of carbonyl (C=O) groups is 2. The summed E-state index contributed by atoms with van der Waals surface area (Å²) in [5.74, 6) is -7.00. The SMILES string of the molecule is CC(C)C1=C2B(O)O[C@H](c3ccc(O)c(F)c3)C[C@H]2[C@H]2C(=O)N(c3cc(C(F)(F)F)cc(C(F)(F)F)c3)C(=O)[C@H]2C1. The van der Waals surface area contributed by atoms with Gasteiger partial charge in [0, 0.05) is 0 Å². The van der Waals surface area contributed by atoms with Crippen LogP contribution in [0.25, 0.3) is 0 Å². The maximum absolute atomic E-state index is 14.1. The van der Waals surface area contributed by atoms with Crippen LogP contribution in [0.2, 0.25) is 0 Å². The Bertz CT molecular complexity index is 1420. The van der Waals surface area contributed by atoms with Gasteiger partial charge < -0.3 is 14.8 Å². The fraction of sp³-hybridized carbons (Fsp3) is 0.407. The molecule has 218 valence electrons. The predicted molar refractivity (Wildman–Crippen MR) is 130 cm³/mol. The molecule has 2 aromatic carbocycles. The fourth-order valence-corrected chi connectivity index (χ4v) is 6.16. The van der Waals surface area contributed by atoms with Gasteiger partial charge in [0.15, 0.2) is 11.6 Å². The number of rotatable bonds is 3. The number of halogens is 7. The van der Waals surface area contributed by atoms with Crippen molar-refractivity contribution in [1.29, 1.82) is 0 Å². The summed E-state index contributed by atoms with van der Waals surface area (Å²) in [7, 11) is -1.57. The Kier molecular flexibility index (Phi) is 7.01. The number of carbonyl (C=O) groups excluding carboxylic acids is 2. The number of fused-ring (bicyclic) bond motifs is 3. The van der Waals surface area contributed by atoms with Crippen molar-refractivity contribution in [3.8, 4) is 5.75 Å². The Morgan fingerprint density at radius 2 is 1.56 bits per heavy atom. The van der Waals surface area contributed by atoms with Gasteiger partial charge >= 0.3 is 19.5 Å². The van der Waals surface area contributed by atoms with Crippen molar-refractivity contribution in [3.05, 3.63) is 70.0 Å². The molecular formula is C27H23BF7NO5. The number of phenols is 1. The number of imide groups is 1. The standard InChI is InChI=1S/C27H23BF7NO5/c1-11(2)16-9-18-22(17-10-21(41-28(40)23(16)17)12-3-4-20(37)19(29)5-12)25(39)36(24(18)38)15-7-13(26(30,31)32)6-14(8-15)27(33,34)35/h3-8,11,17-18,21-22,37,40H,9-10H2,1-2H3/t17-,18-,21-,22+/m0/s1. The summed E-state index contributed by atoms with van der Waals surface area (Å²) < 4.78 is 101. The Morgan fingerprint density at radius 3 is 2.10 bits per heavy atom. The van der Waals surface area contributed by atoms with Crippen LogP contribution >= 0.6 is 0 Å². The van der Waals surface area contributed by atoms with Crippen LogP contribution in [0.3, 0.4) is 0 Å². The molecule has 0 bridgehead atoms. The molecule has 2 N–H and O–H groups in total. The van der Waals surface area contributed by atoms with Gasteiger partial charge in [0.05, 0.1) is 34.8 Å². The summed E-state index contributed by atoms with van der Waals surface area (Å²) in [6, 6.07) is 3.99. The molecule has 1 aliphatic carbocycles. The van der Waals surface area contributed by atoms with E-state index in [0.717, 1.165) is 12.1 Å². The van der Waals surface area contributed by atoms with E-state index < -0.39 is 83.5 Å². The highest BCUT2D eigenvalue weighted by Crippen LogP contribution is 2.53. The number of allylic oxidation sites excluding steroid dienone is 2. The first kappa shape index (κ1) is 29.1. The van der Waals surface area contributed by atoms with Gasteiger partial charge in [0.1, 0.15) is 0 Å². The van der Waals surface area contributed by atoms with E-state index in [1.165, 1.54) is 6.07 Å². The Labute approximate surface area is 229 Å². The lowest BCUT2D eigenvalue weighted by Crippen LogP contribution is -2.45. The van der Waals surface area contributed by atoms with Gasteiger partial charge in [-0.3, -0.25) is 9.59 Å². The molecule has 41 heavy (non-hydrogen) atoms. The van der Waals surface area contributed by atoms with E-state index in [0.29, 0.717) is 28.1 Å². The first-order valence-electron chi connectivity index (χ1n) is 12.7. The second kappa shape index (κ2) is 9.86. The topological polar surface area (TPSA) is 87.1 Å². The molecule has 2 amide bonds. The summed E-state index contributed by atoms with van der Waals surface area (Å²) >= 11 is 0. The van der Waals surface area contributed by atoms with Crippen molar-refractivity contribution in [2.45, 2.75) is 45.1 Å². The average Bonchev–Trinajstić information content (AvgIpc) is 3.13. The van der Waals surface area contributed by atoms with E-state index in [1.54, 1.807) is 13.8 Å². The summed E-state index contributed by atoms with van der Waals surface area (Å²) in [6.07, 6.45) is -11.5. The summed E-state index contributed by atoms with van der Waals surface area (Å²) in [5.41, 5.74) is -3.07. The van der Waals surface area contributed by atoms with Crippen LogP contribution in [-0.4, -0.2) is 29.1 Å². The number of aromatic hydroxyl groups is 1. The third kappa shape index (κ3) is 5.01. The third-order valence-corrected chi connectivity index (χ3v) is 8.02. The highest BCUT2D eigenvalue weighted by molar-refractivity contribution is 6.53. The quantitative estimate of drug-likeness (QED) is 0.269. The van der Waals surface area contributed by atoms with E-state index >= 15 is 0 Å². The molecule has 2 saturated heterocycles. The first-order chi connectivity index (χ1) is 19.0. The van der Waals surface area contributed by atoms with Crippen LogP contribution in [0.1, 0.15) is 49.5 Å². The number of hydrogen-bond donors (Lipinski definition) is 2. The smallest absolute Gasteiger partial charge is 0.487 e. The van der Waals surface area contributed by atoms with E-state index in [2.05, 4.69) is 0 Å². The normalized spacial score (nSPS) is 25.2. The second-order valence-corrected chi connectivity index (χ2v) is 10.8. The maximum atomic E-state index is 14.1. The lowest BCUT2D eigenvalue weighted by molar-refractivity contribution is -0.143. The number of anilines is 1. The zero-order chi connectivity index (χ0) is 30.2. The second-order valence-electron chi connectivity index (χ2n) is 10.8. The van der Waals surface area contributed by atoms with Gasteiger partial charge in [0.2, 0.25) is 11.8 Å². The molecule has 0 radical (unpaired) electrons. The van der Waals surface area contributed by atoms with Gasteiger partial charge in [-0.1, -0.05) is 25.5 Å². The molecule has 0 aromatic heterocycles. The summed E-state index contributed by atoms with van der Waals surface area (Å²) in [5, 5.41) is 20.5. The van der Waals surface area contributed by atoms with E-state index in [1.807, 2.05) is 0 Å². The van der Waals surface area contributed by atoms with Crippen LogP contribution in [0.5, 0.6) is 5.75 Å². The molecule has 2 aliphatic heterocycles. The van der Waals surface area contributed by atoms with Crippen LogP contribution in [0, 0.1) is 29.5 Å². The van der Waals surface area contributed by atoms with Crippen molar-refractivity contribution in [2.24, 2.45) is 23.7 Å². The fourth-order valence-electron chi connectivity index (χ4n) is 6.16. The molecule has 2 fully saturated rings. The number of benzene rings is 2. The molecule has 2 aromatic rings. The average molecular weight is 585 g/mol. The lowest BCUT2D eigenvalue weighted by Gasteiger charge is -2.43. The monoisotopic (exact) mass is 585 g/mol. The van der Waals surface area contributed by atoms with Crippen molar-refractivity contribution in [3.63, 3.8) is 0 Å². The third-order valence-electron chi connectivity index (χ3n) is 8.02. The minimum atomic E-state index is -5.19. The molecule has 0 spiro atoms. The highest BCUT2D eigenvalue weighted by Gasteiger charge is 2.58. The number of nitrogens with zero attached hydrogens (tertiary/aromatic N) is 1. The minimum absolute atomic E-state index is 0.0444. The molecule has 0 saturated carbocycles. The first-order valence-corrected chi connectivity index (χ1v) is 12.7. The van der Waals surface area contributed by atoms with Gasteiger partial charge in [-0.25, -0.2) is 9.29 Å². The van der Waals surface area contributed by atoms with Gasteiger partial charge in [0.25, 0.3) is 0 Å². The van der Waals surface area contributed by atoms with Gasteiger partial charge in [-0.15, -0.1) is 0 Å². The molecule has 3 aliphatic rings. The van der Waals surface area contributed by atoms with Crippen LogP contribution in [0.15, 0.2) is 47.4 Å².